The molecule has 8 heteroatoms. The molecular weight excluding hydrogens is 392 g/mol. The molecule has 1 heterocycles. The van der Waals surface area contributed by atoms with Crippen molar-refractivity contribution < 1.29 is 18.9 Å². The second-order valence-electron chi connectivity index (χ2n) is 6.83. The summed E-state index contributed by atoms with van der Waals surface area (Å²) >= 11 is 12.2. The van der Waals surface area contributed by atoms with Gasteiger partial charge in [0.15, 0.2) is 6.67 Å². The minimum absolute atomic E-state index is 0.141. The first-order valence-corrected chi connectivity index (χ1v) is 9.11. The van der Waals surface area contributed by atoms with E-state index in [2.05, 4.69) is 5.32 Å². The normalized spacial score (nSPS) is 20.7. The topological polar surface area (TPSA) is 53.9 Å². The summed E-state index contributed by atoms with van der Waals surface area (Å²) in [5.41, 5.74) is -0.00185. The molecule has 1 aliphatic rings. The standard InChI is InChI=1S/C19H18Cl2FN3O2/c1-19(15-7-6-13(20)9-16(15)21)17(26)25(18(27)23-19)11-24(2)10-12-4-3-5-14(22)8-12/h3-9H,10-11H2,1-2H3,(H,23,27)/p+1/t19-/m1/s1. The van der Waals surface area contributed by atoms with Crippen molar-refractivity contribution in [2.24, 2.45) is 0 Å². The molecule has 1 saturated heterocycles. The van der Waals surface area contributed by atoms with Gasteiger partial charge >= 0.3 is 6.03 Å². The largest absolute Gasteiger partial charge is 0.329 e. The minimum atomic E-state index is -1.27. The maximum absolute atomic E-state index is 13.3. The van der Waals surface area contributed by atoms with Gasteiger partial charge in [-0.1, -0.05) is 41.4 Å². The first-order valence-electron chi connectivity index (χ1n) is 8.36. The van der Waals surface area contributed by atoms with E-state index in [1.54, 1.807) is 31.2 Å². The molecule has 2 N–H and O–H groups in total. The van der Waals surface area contributed by atoms with Crippen molar-refractivity contribution in [1.29, 1.82) is 0 Å². The van der Waals surface area contributed by atoms with E-state index in [1.807, 2.05) is 7.05 Å². The number of rotatable bonds is 5. The van der Waals surface area contributed by atoms with Crippen LogP contribution in [0, 0.1) is 5.82 Å². The summed E-state index contributed by atoms with van der Waals surface area (Å²) in [6.07, 6.45) is 0. The summed E-state index contributed by atoms with van der Waals surface area (Å²) in [5, 5.41) is 3.47. The van der Waals surface area contributed by atoms with Crippen molar-refractivity contribution in [1.82, 2.24) is 10.2 Å². The van der Waals surface area contributed by atoms with Gasteiger partial charge in [0.05, 0.1) is 7.05 Å². The highest BCUT2D eigenvalue weighted by molar-refractivity contribution is 6.35. The van der Waals surface area contributed by atoms with Crippen LogP contribution in [0.5, 0.6) is 0 Å². The van der Waals surface area contributed by atoms with Crippen LogP contribution in [0.3, 0.4) is 0 Å². The van der Waals surface area contributed by atoms with E-state index in [0.717, 1.165) is 15.4 Å². The summed E-state index contributed by atoms with van der Waals surface area (Å²) in [5.74, 6) is -0.712. The highest BCUT2D eigenvalue weighted by atomic mass is 35.5. The highest BCUT2D eigenvalue weighted by Gasteiger charge is 2.50. The number of nitrogens with zero attached hydrogens (tertiary/aromatic N) is 1. The van der Waals surface area contributed by atoms with E-state index >= 15 is 0 Å². The summed E-state index contributed by atoms with van der Waals surface area (Å²) in [4.78, 5) is 27.4. The molecule has 3 amide bonds. The Hall–Kier alpha value is -2.15. The molecule has 0 aromatic heterocycles. The molecule has 2 aromatic rings. The molecule has 27 heavy (non-hydrogen) atoms. The number of carbonyl (C=O) groups is 2. The van der Waals surface area contributed by atoms with Gasteiger partial charge in [-0.05, 0) is 31.2 Å². The van der Waals surface area contributed by atoms with Gasteiger partial charge in [0, 0.05) is 21.2 Å². The van der Waals surface area contributed by atoms with Gasteiger partial charge in [-0.15, -0.1) is 0 Å². The van der Waals surface area contributed by atoms with E-state index in [0.29, 0.717) is 22.2 Å². The average molecular weight is 411 g/mol. The number of imide groups is 1. The van der Waals surface area contributed by atoms with Crippen molar-refractivity contribution in [3.05, 3.63) is 69.5 Å². The summed E-state index contributed by atoms with van der Waals surface area (Å²) in [6, 6.07) is 10.5. The number of amides is 3. The quantitative estimate of drug-likeness (QED) is 0.744. The lowest BCUT2D eigenvalue weighted by Gasteiger charge is -2.24. The summed E-state index contributed by atoms with van der Waals surface area (Å²) in [7, 11) is 1.83. The van der Waals surface area contributed by atoms with E-state index in [9.17, 15) is 14.0 Å². The van der Waals surface area contributed by atoms with Crippen LogP contribution in [0.2, 0.25) is 10.0 Å². The van der Waals surface area contributed by atoms with Crippen molar-refractivity contribution in [2.45, 2.75) is 19.0 Å². The first-order chi connectivity index (χ1) is 12.7. The van der Waals surface area contributed by atoms with E-state index < -0.39 is 17.5 Å². The maximum atomic E-state index is 13.3. The summed E-state index contributed by atoms with van der Waals surface area (Å²) < 4.78 is 13.3. The second-order valence-corrected chi connectivity index (χ2v) is 7.68. The van der Waals surface area contributed by atoms with Crippen LogP contribution in [0.25, 0.3) is 0 Å². The fraction of sp³-hybridized carbons (Fsp3) is 0.263. The van der Waals surface area contributed by atoms with Gasteiger partial charge in [0.1, 0.15) is 17.9 Å². The number of hydrogen-bond donors (Lipinski definition) is 2. The van der Waals surface area contributed by atoms with Crippen molar-refractivity contribution in [2.75, 3.05) is 13.7 Å². The van der Waals surface area contributed by atoms with Crippen LogP contribution in [0.1, 0.15) is 18.1 Å². The Bertz CT molecular complexity index is 908. The zero-order chi connectivity index (χ0) is 19.8. The third-order valence-corrected chi connectivity index (χ3v) is 5.12. The first kappa shape index (κ1) is 19.6. The minimum Gasteiger partial charge on any atom is -0.319 e. The maximum Gasteiger partial charge on any atom is 0.329 e. The van der Waals surface area contributed by atoms with Crippen molar-refractivity contribution >= 4 is 35.1 Å². The highest BCUT2D eigenvalue weighted by Crippen LogP contribution is 2.34. The molecule has 2 aromatic carbocycles. The zero-order valence-electron chi connectivity index (χ0n) is 14.9. The Morgan fingerprint density at radius 3 is 2.59 bits per heavy atom. The molecule has 2 atom stereocenters. The number of hydrogen-bond acceptors (Lipinski definition) is 2. The third kappa shape index (κ3) is 3.93. The predicted octanol–water partition coefficient (Wildman–Crippen LogP) is 2.57. The molecular formula is C19H19Cl2FN3O2+. The summed E-state index contributed by atoms with van der Waals surface area (Å²) in [6.45, 7) is 2.22. The lowest BCUT2D eigenvalue weighted by Crippen LogP contribution is -3.09. The molecule has 5 nitrogen and oxygen atoms in total. The third-order valence-electron chi connectivity index (χ3n) is 4.57. The Morgan fingerprint density at radius 1 is 1.19 bits per heavy atom. The molecule has 1 unspecified atom stereocenters. The van der Waals surface area contributed by atoms with Gasteiger partial charge < -0.3 is 10.2 Å². The van der Waals surface area contributed by atoms with E-state index in [1.165, 1.54) is 18.2 Å². The Balaban J connectivity index is 1.77. The average Bonchev–Trinajstić information content (AvgIpc) is 2.78. The van der Waals surface area contributed by atoms with Gasteiger partial charge in [-0.2, -0.15) is 0 Å². The molecule has 0 bridgehead atoms. The molecule has 142 valence electrons. The van der Waals surface area contributed by atoms with Crippen molar-refractivity contribution in [3.8, 4) is 0 Å². The fourth-order valence-electron chi connectivity index (χ4n) is 3.24. The van der Waals surface area contributed by atoms with Crippen LogP contribution in [-0.4, -0.2) is 30.6 Å². The van der Waals surface area contributed by atoms with E-state index in [4.69, 9.17) is 23.2 Å². The number of quaternary nitrogens is 1. The number of urea groups is 1. The van der Waals surface area contributed by atoms with Gasteiger partial charge in [-0.3, -0.25) is 4.79 Å². The van der Waals surface area contributed by atoms with Crippen molar-refractivity contribution in [3.63, 3.8) is 0 Å². The Kier molecular flexibility index (Phi) is 5.42. The second kappa shape index (κ2) is 7.46. The molecule has 0 spiro atoms. The monoisotopic (exact) mass is 410 g/mol. The lowest BCUT2D eigenvalue weighted by molar-refractivity contribution is -0.901. The lowest BCUT2D eigenvalue weighted by atomic mass is 9.92. The number of carbonyl (C=O) groups excluding carboxylic acids is 2. The molecule has 1 aliphatic heterocycles. The number of nitrogens with one attached hydrogen (secondary N) is 2. The van der Waals surface area contributed by atoms with Crippen LogP contribution in [0.4, 0.5) is 9.18 Å². The number of benzene rings is 2. The Morgan fingerprint density at radius 2 is 1.93 bits per heavy atom. The van der Waals surface area contributed by atoms with Crippen LogP contribution < -0.4 is 10.2 Å². The fourth-order valence-corrected chi connectivity index (χ4v) is 3.84. The SMILES string of the molecule is C[NH+](Cc1cccc(F)c1)CN1C(=O)N[C@](C)(c2ccc(Cl)cc2Cl)C1=O. The van der Waals surface area contributed by atoms with Gasteiger partial charge in [-0.25, -0.2) is 14.1 Å². The predicted molar refractivity (Wildman–Crippen MR) is 101 cm³/mol. The van der Waals surface area contributed by atoms with Crippen LogP contribution >= 0.6 is 23.2 Å². The molecule has 1 fully saturated rings. The molecule has 0 saturated carbocycles. The zero-order valence-corrected chi connectivity index (χ0v) is 16.4. The molecule has 0 radical (unpaired) electrons. The van der Waals surface area contributed by atoms with Gasteiger partial charge in [0.2, 0.25) is 0 Å². The molecule has 3 rings (SSSR count). The van der Waals surface area contributed by atoms with Crippen LogP contribution in [0.15, 0.2) is 42.5 Å². The Labute approximate surface area is 166 Å². The van der Waals surface area contributed by atoms with Crippen LogP contribution in [-0.2, 0) is 16.9 Å². The van der Waals surface area contributed by atoms with E-state index in [-0.39, 0.29) is 12.5 Å². The molecule has 0 aliphatic carbocycles. The van der Waals surface area contributed by atoms with Gasteiger partial charge in [0.25, 0.3) is 5.91 Å². The smallest absolute Gasteiger partial charge is 0.319 e. The number of halogens is 3.